The van der Waals surface area contributed by atoms with Gasteiger partial charge in [0.2, 0.25) is 0 Å². The molecule has 15 heavy (non-hydrogen) atoms. The standard InChI is InChI=1S/C13H20N2/c1-2-15(11-13(10-14)8-9-13)12-6-4-3-5-7-12/h3-7H,2,8-11,14H2,1H3. The fourth-order valence-corrected chi connectivity index (χ4v) is 2.03. The first-order chi connectivity index (χ1) is 7.29. The van der Waals surface area contributed by atoms with E-state index in [9.17, 15) is 0 Å². The second kappa shape index (κ2) is 4.23. The quantitative estimate of drug-likeness (QED) is 0.797. The molecule has 2 nitrogen and oxygen atoms in total. The highest BCUT2D eigenvalue weighted by molar-refractivity contribution is 5.46. The number of para-hydroxylation sites is 1. The summed E-state index contributed by atoms with van der Waals surface area (Å²) in [5.41, 5.74) is 7.56. The van der Waals surface area contributed by atoms with Crippen LogP contribution in [0.3, 0.4) is 0 Å². The van der Waals surface area contributed by atoms with Crippen molar-refractivity contribution in [1.82, 2.24) is 0 Å². The molecule has 0 bridgehead atoms. The van der Waals surface area contributed by atoms with E-state index in [2.05, 4.69) is 42.2 Å². The van der Waals surface area contributed by atoms with E-state index >= 15 is 0 Å². The maximum Gasteiger partial charge on any atom is 0.0366 e. The summed E-state index contributed by atoms with van der Waals surface area (Å²) in [6.07, 6.45) is 2.60. The lowest BCUT2D eigenvalue weighted by Gasteiger charge is -2.27. The molecule has 0 aromatic heterocycles. The lowest BCUT2D eigenvalue weighted by Crippen LogP contribution is -2.34. The molecule has 1 aliphatic rings. The monoisotopic (exact) mass is 204 g/mol. The van der Waals surface area contributed by atoms with Crippen molar-refractivity contribution < 1.29 is 0 Å². The second-order valence-electron chi connectivity index (χ2n) is 4.55. The molecule has 0 saturated heterocycles. The lowest BCUT2D eigenvalue weighted by molar-refractivity contribution is 0.513. The van der Waals surface area contributed by atoms with Crippen molar-refractivity contribution >= 4 is 5.69 Å². The molecular formula is C13H20N2. The molecule has 0 unspecified atom stereocenters. The summed E-state index contributed by atoms with van der Waals surface area (Å²) < 4.78 is 0. The van der Waals surface area contributed by atoms with E-state index in [1.807, 2.05) is 0 Å². The molecule has 2 N–H and O–H groups in total. The minimum atomic E-state index is 0.422. The van der Waals surface area contributed by atoms with E-state index < -0.39 is 0 Å². The molecule has 1 saturated carbocycles. The minimum absolute atomic E-state index is 0.422. The van der Waals surface area contributed by atoms with E-state index in [1.165, 1.54) is 18.5 Å². The Morgan fingerprint density at radius 3 is 2.40 bits per heavy atom. The number of nitrogens with zero attached hydrogens (tertiary/aromatic N) is 1. The van der Waals surface area contributed by atoms with Crippen LogP contribution in [0.4, 0.5) is 5.69 Å². The SMILES string of the molecule is CCN(CC1(CN)CC1)c1ccccc1. The molecule has 0 heterocycles. The summed E-state index contributed by atoms with van der Waals surface area (Å²) in [6.45, 7) is 5.21. The lowest BCUT2D eigenvalue weighted by atomic mass is 10.1. The predicted molar refractivity (Wildman–Crippen MR) is 65.1 cm³/mol. The van der Waals surface area contributed by atoms with Crippen molar-refractivity contribution in [1.29, 1.82) is 0 Å². The zero-order valence-corrected chi connectivity index (χ0v) is 9.45. The highest BCUT2D eigenvalue weighted by atomic mass is 15.1. The number of hydrogen-bond acceptors (Lipinski definition) is 2. The Bertz CT molecular complexity index is 304. The highest BCUT2D eigenvalue weighted by Crippen LogP contribution is 2.45. The van der Waals surface area contributed by atoms with Gasteiger partial charge in [-0.15, -0.1) is 0 Å². The second-order valence-corrected chi connectivity index (χ2v) is 4.55. The average molecular weight is 204 g/mol. The van der Waals surface area contributed by atoms with Crippen LogP contribution in [-0.4, -0.2) is 19.6 Å². The van der Waals surface area contributed by atoms with Crippen LogP contribution in [0.1, 0.15) is 19.8 Å². The fourth-order valence-electron chi connectivity index (χ4n) is 2.03. The van der Waals surface area contributed by atoms with Crippen molar-refractivity contribution in [3.05, 3.63) is 30.3 Å². The molecule has 0 aliphatic heterocycles. The smallest absolute Gasteiger partial charge is 0.0366 e. The van der Waals surface area contributed by atoms with Gasteiger partial charge in [-0.3, -0.25) is 0 Å². The van der Waals surface area contributed by atoms with Crippen LogP contribution in [0.5, 0.6) is 0 Å². The van der Waals surface area contributed by atoms with Gasteiger partial charge in [0.05, 0.1) is 0 Å². The maximum atomic E-state index is 5.82. The molecule has 1 aliphatic carbocycles. The number of rotatable bonds is 5. The summed E-state index contributed by atoms with van der Waals surface area (Å²) in [4.78, 5) is 2.43. The molecule has 0 radical (unpaired) electrons. The first-order valence-corrected chi connectivity index (χ1v) is 5.80. The van der Waals surface area contributed by atoms with Crippen molar-refractivity contribution in [3.63, 3.8) is 0 Å². The zero-order valence-electron chi connectivity index (χ0n) is 9.45. The van der Waals surface area contributed by atoms with Crippen LogP contribution in [0.15, 0.2) is 30.3 Å². The Morgan fingerprint density at radius 2 is 1.93 bits per heavy atom. The molecular weight excluding hydrogens is 184 g/mol. The first-order valence-electron chi connectivity index (χ1n) is 5.80. The van der Waals surface area contributed by atoms with Crippen molar-refractivity contribution in [2.75, 3.05) is 24.5 Å². The van der Waals surface area contributed by atoms with Gasteiger partial charge < -0.3 is 10.6 Å². The third-order valence-electron chi connectivity index (χ3n) is 3.42. The van der Waals surface area contributed by atoms with Crippen LogP contribution < -0.4 is 10.6 Å². The van der Waals surface area contributed by atoms with Gasteiger partial charge >= 0.3 is 0 Å². The third kappa shape index (κ3) is 2.32. The van der Waals surface area contributed by atoms with Gasteiger partial charge in [-0.1, -0.05) is 18.2 Å². The zero-order chi connectivity index (χ0) is 10.7. The Labute approximate surface area is 92.1 Å². The van der Waals surface area contributed by atoms with Crippen LogP contribution >= 0.6 is 0 Å². The van der Waals surface area contributed by atoms with Crippen molar-refractivity contribution in [3.8, 4) is 0 Å². The summed E-state index contributed by atoms with van der Waals surface area (Å²) in [6, 6.07) is 10.6. The van der Waals surface area contributed by atoms with Crippen LogP contribution in [0, 0.1) is 5.41 Å². The maximum absolute atomic E-state index is 5.82. The number of benzene rings is 1. The van der Waals surface area contributed by atoms with Crippen molar-refractivity contribution in [2.24, 2.45) is 11.1 Å². The van der Waals surface area contributed by atoms with Gasteiger partial charge in [0, 0.05) is 24.2 Å². The Kier molecular flexibility index (Phi) is 2.96. The van der Waals surface area contributed by atoms with Gasteiger partial charge in [-0.05, 0) is 38.4 Å². The van der Waals surface area contributed by atoms with E-state index in [1.54, 1.807) is 0 Å². The molecule has 1 aromatic carbocycles. The highest BCUT2D eigenvalue weighted by Gasteiger charge is 2.42. The molecule has 1 fully saturated rings. The van der Waals surface area contributed by atoms with Gasteiger partial charge in [0.15, 0.2) is 0 Å². The van der Waals surface area contributed by atoms with Crippen LogP contribution in [0.25, 0.3) is 0 Å². The Morgan fingerprint density at radius 1 is 1.27 bits per heavy atom. The molecule has 0 amide bonds. The molecule has 1 aromatic rings. The Balaban J connectivity index is 2.05. The van der Waals surface area contributed by atoms with Gasteiger partial charge in [-0.2, -0.15) is 0 Å². The number of hydrogen-bond donors (Lipinski definition) is 1. The topological polar surface area (TPSA) is 29.3 Å². The molecule has 0 spiro atoms. The van der Waals surface area contributed by atoms with Gasteiger partial charge in [0.25, 0.3) is 0 Å². The molecule has 82 valence electrons. The number of anilines is 1. The molecule has 2 rings (SSSR count). The van der Waals surface area contributed by atoms with E-state index in [0.29, 0.717) is 5.41 Å². The van der Waals surface area contributed by atoms with Crippen molar-refractivity contribution in [2.45, 2.75) is 19.8 Å². The summed E-state index contributed by atoms with van der Waals surface area (Å²) in [5.74, 6) is 0. The average Bonchev–Trinajstić information content (AvgIpc) is 3.08. The van der Waals surface area contributed by atoms with Gasteiger partial charge in [0.1, 0.15) is 0 Å². The Hall–Kier alpha value is -1.02. The summed E-state index contributed by atoms with van der Waals surface area (Å²) in [7, 11) is 0. The fraction of sp³-hybridized carbons (Fsp3) is 0.538. The van der Waals surface area contributed by atoms with Crippen LogP contribution in [0.2, 0.25) is 0 Å². The third-order valence-corrected chi connectivity index (χ3v) is 3.42. The summed E-state index contributed by atoms with van der Waals surface area (Å²) in [5, 5.41) is 0. The minimum Gasteiger partial charge on any atom is -0.371 e. The summed E-state index contributed by atoms with van der Waals surface area (Å²) >= 11 is 0. The molecule has 0 atom stereocenters. The molecule has 2 heteroatoms. The largest absolute Gasteiger partial charge is 0.371 e. The first kappa shape index (κ1) is 10.5. The number of nitrogens with two attached hydrogens (primary N) is 1. The predicted octanol–water partition coefficient (Wildman–Crippen LogP) is 2.25. The van der Waals surface area contributed by atoms with E-state index in [-0.39, 0.29) is 0 Å². The van der Waals surface area contributed by atoms with Crippen LogP contribution in [-0.2, 0) is 0 Å². The van der Waals surface area contributed by atoms with E-state index in [0.717, 1.165) is 19.6 Å². The normalized spacial score (nSPS) is 17.5. The van der Waals surface area contributed by atoms with Gasteiger partial charge in [-0.25, -0.2) is 0 Å². The van der Waals surface area contributed by atoms with E-state index in [4.69, 9.17) is 5.73 Å².